The number of nitrogens with one attached hydrogen (secondary N) is 1. The molecule has 0 spiro atoms. The van der Waals surface area contributed by atoms with Crippen molar-refractivity contribution in [1.82, 2.24) is 15.4 Å². The van der Waals surface area contributed by atoms with Gasteiger partial charge in [0.1, 0.15) is 5.70 Å². The standard InChI is InChI=1S/C20H25N3O5S/c1-9-6-13(28-22-9)5-4-12-7-14(8-21-12)29-18-10(2)16-15(11(3)24)19(25)23(16)17(18)20(26)27/h4-6,10-12,14-16,21,24H,7-8H2,1-3H3,(H,26,27)/b5-4+/t10-,11-,12-,14+,15-,16-/m1/s1. The number of β-lactam (4-membered cyclic amide) rings is 1. The number of hydrogen-bond acceptors (Lipinski definition) is 7. The zero-order valence-corrected chi connectivity index (χ0v) is 17.3. The average molecular weight is 420 g/mol. The van der Waals surface area contributed by atoms with E-state index >= 15 is 0 Å². The van der Waals surface area contributed by atoms with Crippen molar-refractivity contribution >= 4 is 29.7 Å². The second kappa shape index (κ2) is 7.62. The Morgan fingerprint density at radius 3 is 2.90 bits per heavy atom. The Bertz CT molecular complexity index is 892. The van der Waals surface area contributed by atoms with Gasteiger partial charge in [-0.15, -0.1) is 11.8 Å². The molecule has 0 radical (unpaired) electrons. The van der Waals surface area contributed by atoms with Gasteiger partial charge in [0.2, 0.25) is 5.91 Å². The molecule has 3 aliphatic rings. The number of amides is 1. The maximum absolute atomic E-state index is 12.4. The summed E-state index contributed by atoms with van der Waals surface area (Å²) in [6.07, 6.45) is 3.98. The highest BCUT2D eigenvalue weighted by Gasteiger charge is 2.60. The smallest absolute Gasteiger partial charge is 0.353 e. The number of hydrogen-bond donors (Lipinski definition) is 3. The van der Waals surface area contributed by atoms with Crippen molar-refractivity contribution in [3.8, 4) is 0 Å². The van der Waals surface area contributed by atoms with Crippen molar-refractivity contribution in [2.45, 2.75) is 50.6 Å². The lowest BCUT2D eigenvalue weighted by atomic mass is 9.79. The zero-order chi connectivity index (χ0) is 20.9. The van der Waals surface area contributed by atoms with Crippen LogP contribution >= 0.6 is 11.8 Å². The molecule has 0 bridgehead atoms. The van der Waals surface area contributed by atoms with Crippen LogP contribution in [0.1, 0.15) is 31.7 Å². The molecule has 6 atom stereocenters. The summed E-state index contributed by atoms with van der Waals surface area (Å²) in [5.41, 5.74) is 0.918. The molecule has 0 aliphatic carbocycles. The topological polar surface area (TPSA) is 116 Å². The Morgan fingerprint density at radius 1 is 1.52 bits per heavy atom. The Balaban J connectivity index is 1.45. The van der Waals surface area contributed by atoms with E-state index < -0.39 is 18.0 Å². The first-order valence-corrected chi connectivity index (χ1v) is 10.7. The molecule has 4 rings (SSSR count). The van der Waals surface area contributed by atoms with E-state index in [0.29, 0.717) is 5.76 Å². The molecule has 2 saturated heterocycles. The second-order valence-corrected chi connectivity index (χ2v) is 9.33. The van der Waals surface area contributed by atoms with E-state index in [1.807, 2.05) is 32.1 Å². The fourth-order valence-corrected chi connectivity index (χ4v) is 5.99. The molecule has 2 fully saturated rings. The van der Waals surface area contributed by atoms with Crippen LogP contribution in [0.3, 0.4) is 0 Å². The molecular weight excluding hydrogens is 394 g/mol. The van der Waals surface area contributed by atoms with E-state index in [-0.39, 0.29) is 34.9 Å². The van der Waals surface area contributed by atoms with Gasteiger partial charge in [0, 0.05) is 34.7 Å². The van der Waals surface area contributed by atoms with Crippen LogP contribution in [0.2, 0.25) is 0 Å². The summed E-state index contributed by atoms with van der Waals surface area (Å²) in [5.74, 6) is -1.30. The van der Waals surface area contributed by atoms with Crippen LogP contribution < -0.4 is 5.32 Å². The van der Waals surface area contributed by atoms with Crippen LogP contribution in [0.4, 0.5) is 0 Å². The van der Waals surface area contributed by atoms with E-state index in [9.17, 15) is 19.8 Å². The van der Waals surface area contributed by atoms with Gasteiger partial charge in [-0.3, -0.25) is 4.79 Å². The molecule has 8 nitrogen and oxygen atoms in total. The van der Waals surface area contributed by atoms with Gasteiger partial charge in [-0.1, -0.05) is 18.2 Å². The third-order valence-electron chi connectivity index (χ3n) is 5.87. The van der Waals surface area contributed by atoms with Crippen molar-refractivity contribution < 1.29 is 24.3 Å². The summed E-state index contributed by atoms with van der Waals surface area (Å²) in [7, 11) is 0. The minimum atomic E-state index is -1.08. The maximum Gasteiger partial charge on any atom is 0.353 e. The quantitative estimate of drug-likeness (QED) is 0.596. The molecule has 3 N–H and O–H groups in total. The molecule has 0 saturated carbocycles. The van der Waals surface area contributed by atoms with Gasteiger partial charge in [-0.2, -0.15) is 0 Å². The highest BCUT2D eigenvalue weighted by atomic mass is 32.2. The predicted octanol–water partition coefficient (Wildman–Crippen LogP) is 1.61. The number of carboxylic acids is 1. The molecule has 1 amide bonds. The van der Waals surface area contributed by atoms with Gasteiger partial charge >= 0.3 is 5.97 Å². The summed E-state index contributed by atoms with van der Waals surface area (Å²) < 4.78 is 5.18. The number of carbonyl (C=O) groups is 2. The second-order valence-electron chi connectivity index (χ2n) is 7.99. The molecule has 29 heavy (non-hydrogen) atoms. The van der Waals surface area contributed by atoms with Gasteiger partial charge in [0.15, 0.2) is 5.76 Å². The SMILES string of the molecule is Cc1cc(/C=C/[C@@H]2C[C@H](SC3=C(C(=O)O)N4C(=O)[C@H]([C@@H](C)O)[C@H]4[C@H]3C)CN2)on1. The predicted molar refractivity (Wildman–Crippen MR) is 108 cm³/mol. The molecule has 1 aromatic rings. The number of carboxylic acid groups (broad SMARTS) is 1. The van der Waals surface area contributed by atoms with Crippen LogP contribution in [0.5, 0.6) is 0 Å². The zero-order valence-electron chi connectivity index (χ0n) is 16.5. The largest absolute Gasteiger partial charge is 0.477 e. The van der Waals surface area contributed by atoms with Crippen molar-refractivity contribution in [2.75, 3.05) is 6.54 Å². The number of aliphatic hydroxyl groups is 1. The first-order valence-electron chi connectivity index (χ1n) is 9.78. The molecule has 9 heteroatoms. The van der Waals surface area contributed by atoms with Crippen LogP contribution in [-0.2, 0) is 9.59 Å². The molecular formula is C20H25N3O5S. The summed E-state index contributed by atoms with van der Waals surface area (Å²) >= 11 is 1.54. The van der Waals surface area contributed by atoms with Crippen molar-refractivity contribution in [3.05, 3.63) is 34.2 Å². The van der Waals surface area contributed by atoms with E-state index in [4.69, 9.17) is 4.52 Å². The lowest BCUT2D eigenvalue weighted by molar-refractivity contribution is -0.163. The number of fused-ring (bicyclic) bond motifs is 1. The number of rotatable bonds is 6. The summed E-state index contributed by atoms with van der Waals surface area (Å²) in [5, 5.41) is 27.2. The first kappa shape index (κ1) is 20.2. The van der Waals surface area contributed by atoms with Gasteiger partial charge < -0.3 is 25.0 Å². The average Bonchev–Trinajstić information content (AvgIpc) is 3.32. The maximum atomic E-state index is 12.4. The molecule has 156 valence electrons. The van der Waals surface area contributed by atoms with Gasteiger partial charge in [0.25, 0.3) is 0 Å². The highest BCUT2D eigenvalue weighted by molar-refractivity contribution is 8.03. The summed E-state index contributed by atoms with van der Waals surface area (Å²) in [4.78, 5) is 26.4. The van der Waals surface area contributed by atoms with Crippen LogP contribution in [0.15, 0.2) is 27.3 Å². The molecule has 1 aromatic heterocycles. The van der Waals surface area contributed by atoms with E-state index in [2.05, 4.69) is 10.5 Å². The van der Waals surface area contributed by atoms with Crippen LogP contribution in [0.25, 0.3) is 6.08 Å². The number of aliphatic carboxylic acids is 1. The Labute approximate surface area is 173 Å². The Morgan fingerprint density at radius 2 is 2.28 bits per heavy atom. The summed E-state index contributed by atoms with van der Waals surface area (Å²) in [6, 6.07) is 1.75. The summed E-state index contributed by atoms with van der Waals surface area (Å²) in [6.45, 7) is 6.15. The Kier molecular flexibility index (Phi) is 5.30. The lowest BCUT2D eigenvalue weighted by Gasteiger charge is -2.46. The normalized spacial score (nSPS) is 32.8. The number of thioether (sulfide) groups is 1. The van der Waals surface area contributed by atoms with Crippen molar-refractivity contribution in [2.24, 2.45) is 11.8 Å². The van der Waals surface area contributed by atoms with Crippen molar-refractivity contribution in [1.29, 1.82) is 0 Å². The molecule has 4 heterocycles. The van der Waals surface area contributed by atoms with Crippen LogP contribution in [-0.4, -0.2) is 62.1 Å². The van der Waals surface area contributed by atoms with E-state index in [0.717, 1.165) is 23.6 Å². The lowest BCUT2D eigenvalue weighted by Crippen LogP contribution is -2.63. The van der Waals surface area contributed by atoms with Crippen molar-refractivity contribution in [3.63, 3.8) is 0 Å². The van der Waals surface area contributed by atoms with Gasteiger partial charge in [-0.25, -0.2) is 4.79 Å². The fourth-order valence-electron chi connectivity index (χ4n) is 4.50. The van der Waals surface area contributed by atoms with Gasteiger partial charge in [-0.05, 0) is 26.3 Å². The number of aromatic nitrogens is 1. The minimum absolute atomic E-state index is 0.0885. The minimum Gasteiger partial charge on any atom is -0.477 e. The fraction of sp³-hybridized carbons (Fsp3) is 0.550. The first-order chi connectivity index (χ1) is 13.8. The number of aryl methyl sites for hydroxylation is 1. The monoisotopic (exact) mass is 419 g/mol. The third kappa shape index (κ3) is 3.51. The van der Waals surface area contributed by atoms with E-state index in [1.54, 1.807) is 18.7 Å². The number of nitrogens with zero attached hydrogens (tertiary/aromatic N) is 2. The highest BCUT2D eigenvalue weighted by Crippen LogP contribution is 2.51. The third-order valence-corrected chi connectivity index (χ3v) is 7.38. The van der Waals surface area contributed by atoms with E-state index in [1.165, 1.54) is 4.90 Å². The molecule has 0 aromatic carbocycles. The number of carbonyl (C=O) groups excluding carboxylic acids is 1. The Hall–Kier alpha value is -2.10. The van der Waals surface area contributed by atoms with Gasteiger partial charge in [0.05, 0.1) is 23.8 Å². The molecule has 3 aliphatic heterocycles. The molecule has 0 unspecified atom stereocenters. The van der Waals surface area contributed by atoms with Crippen LogP contribution in [0, 0.1) is 18.8 Å². The number of aliphatic hydroxyl groups excluding tert-OH is 1.